The second kappa shape index (κ2) is 8.96. The quantitative estimate of drug-likeness (QED) is 0.416. The lowest BCUT2D eigenvalue weighted by Crippen LogP contribution is -1.97. The average molecular weight is 413 g/mol. The minimum atomic E-state index is -1.18. The molecular formula is C22H20FNO4S. The highest BCUT2D eigenvalue weighted by Gasteiger charge is 2.24. The second-order valence-electron chi connectivity index (χ2n) is 6.53. The molecule has 2 aromatic carbocycles. The van der Waals surface area contributed by atoms with E-state index in [9.17, 15) is 13.4 Å². The van der Waals surface area contributed by atoms with Crippen LogP contribution in [0.1, 0.15) is 30.0 Å². The van der Waals surface area contributed by atoms with E-state index in [0.29, 0.717) is 12.6 Å². The van der Waals surface area contributed by atoms with Crippen molar-refractivity contribution in [3.05, 3.63) is 70.5 Å². The monoisotopic (exact) mass is 413 g/mol. The SMILES string of the molecule is CC1=C(CCON=CC(=O)O)c2cc(F)ccc2/C1=C\c1ccc(S(C)=O)cc1. The zero-order chi connectivity index (χ0) is 21.0. The molecule has 0 saturated carbocycles. The Kier molecular flexibility index (Phi) is 6.39. The highest BCUT2D eigenvalue weighted by atomic mass is 32.2. The number of nitrogens with zero attached hydrogens (tertiary/aromatic N) is 1. The van der Waals surface area contributed by atoms with Crippen LogP contribution in [0, 0.1) is 5.82 Å². The van der Waals surface area contributed by atoms with Crippen LogP contribution in [-0.2, 0) is 20.4 Å². The van der Waals surface area contributed by atoms with Crippen LogP contribution >= 0.6 is 0 Å². The average Bonchev–Trinajstić information content (AvgIpc) is 2.93. The van der Waals surface area contributed by atoms with E-state index >= 15 is 0 Å². The molecule has 1 unspecified atom stereocenters. The summed E-state index contributed by atoms with van der Waals surface area (Å²) in [5.74, 6) is -1.51. The molecule has 1 aliphatic carbocycles. The van der Waals surface area contributed by atoms with Crippen molar-refractivity contribution < 1.29 is 23.3 Å². The van der Waals surface area contributed by atoms with Crippen LogP contribution in [0.2, 0.25) is 0 Å². The lowest BCUT2D eigenvalue weighted by atomic mass is 10.0. The predicted molar refractivity (Wildman–Crippen MR) is 112 cm³/mol. The summed E-state index contributed by atoms with van der Waals surface area (Å²) in [4.78, 5) is 16.2. The van der Waals surface area contributed by atoms with Crippen LogP contribution in [0.3, 0.4) is 0 Å². The van der Waals surface area contributed by atoms with Gasteiger partial charge in [0.1, 0.15) is 12.4 Å². The summed E-state index contributed by atoms with van der Waals surface area (Å²) in [5.41, 5.74) is 5.59. The van der Waals surface area contributed by atoms with Gasteiger partial charge in [0, 0.05) is 28.4 Å². The van der Waals surface area contributed by atoms with Gasteiger partial charge in [-0.15, -0.1) is 0 Å². The number of aliphatic carboxylic acids is 1. The Morgan fingerprint density at radius 2 is 1.93 bits per heavy atom. The van der Waals surface area contributed by atoms with Gasteiger partial charge in [0.2, 0.25) is 0 Å². The molecule has 0 radical (unpaired) electrons. The summed E-state index contributed by atoms with van der Waals surface area (Å²) in [6.45, 7) is 2.14. The van der Waals surface area contributed by atoms with Gasteiger partial charge in [-0.3, -0.25) is 4.21 Å². The number of carboxylic acid groups (broad SMARTS) is 1. The smallest absolute Gasteiger partial charge is 0.350 e. The Morgan fingerprint density at radius 1 is 1.21 bits per heavy atom. The van der Waals surface area contributed by atoms with E-state index in [4.69, 9.17) is 9.94 Å². The van der Waals surface area contributed by atoms with E-state index in [-0.39, 0.29) is 12.4 Å². The summed E-state index contributed by atoms with van der Waals surface area (Å²) in [6.07, 6.45) is 4.80. The fraction of sp³-hybridized carbons (Fsp3) is 0.182. The van der Waals surface area contributed by atoms with Gasteiger partial charge in [-0.1, -0.05) is 23.4 Å². The van der Waals surface area contributed by atoms with Crippen molar-refractivity contribution in [3.63, 3.8) is 0 Å². The van der Waals surface area contributed by atoms with Crippen LogP contribution in [-0.4, -0.2) is 34.4 Å². The normalized spacial score (nSPS) is 15.8. The lowest BCUT2D eigenvalue weighted by molar-refractivity contribution is -0.129. The van der Waals surface area contributed by atoms with Gasteiger partial charge in [0.25, 0.3) is 0 Å². The standard InChI is InChI=1S/C22H20FNO4S/c1-14-18(9-10-28-24-13-22(25)26)21-12-16(23)5-8-19(21)20(14)11-15-3-6-17(7-4-15)29(2)27/h3-8,11-13H,9-10H2,1-2H3,(H,25,26)/b20-11-,24-13?. The number of carbonyl (C=O) groups is 1. The Balaban J connectivity index is 1.91. The van der Waals surface area contributed by atoms with Crippen LogP contribution in [0.15, 0.2) is 58.1 Å². The van der Waals surface area contributed by atoms with E-state index in [1.807, 2.05) is 37.3 Å². The van der Waals surface area contributed by atoms with Crippen molar-refractivity contribution in [2.45, 2.75) is 18.2 Å². The minimum Gasteiger partial charge on any atom is -0.477 e. The van der Waals surface area contributed by atoms with E-state index in [1.54, 1.807) is 12.3 Å². The first-order valence-electron chi connectivity index (χ1n) is 8.90. The van der Waals surface area contributed by atoms with Gasteiger partial charge in [-0.25, -0.2) is 9.18 Å². The maximum atomic E-state index is 13.9. The van der Waals surface area contributed by atoms with Crippen molar-refractivity contribution in [1.29, 1.82) is 0 Å². The van der Waals surface area contributed by atoms with Crippen molar-refractivity contribution >= 4 is 40.2 Å². The Labute approximate surface area is 170 Å². The Bertz CT molecular complexity index is 1050. The summed E-state index contributed by atoms with van der Waals surface area (Å²) >= 11 is 0. The molecular weight excluding hydrogens is 393 g/mol. The topological polar surface area (TPSA) is 76.0 Å². The lowest BCUT2D eigenvalue weighted by Gasteiger charge is -2.05. The number of allylic oxidation sites excluding steroid dienone is 2. The predicted octanol–water partition coefficient (Wildman–Crippen LogP) is 4.37. The third-order valence-electron chi connectivity index (χ3n) is 4.66. The Hall–Kier alpha value is -3.06. The van der Waals surface area contributed by atoms with Crippen LogP contribution in [0.25, 0.3) is 17.2 Å². The van der Waals surface area contributed by atoms with Crippen molar-refractivity contribution in [3.8, 4) is 0 Å². The fourth-order valence-electron chi connectivity index (χ4n) is 3.28. The first kappa shape index (κ1) is 20.7. The Morgan fingerprint density at radius 3 is 2.59 bits per heavy atom. The van der Waals surface area contributed by atoms with E-state index in [0.717, 1.165) is 38.3 Å². The van der Waals surface area contributed by atoms with Crippen LogP contribution in [0.4, 0.5) is 4.39 Å². The molecule has 0 fully saturated rings. The highest BCUT2D eigenvalue weighted by molar-refractivity contribution is 7.84. The van der Waals surface area contributed by atoms with Crippen molar-refractivity contribution in [1.82, 2.24) is 0 Å². The van der Waals surface area contributed by atoms with Gasteiger partial charge in [-0.2, -0.15) is 0 Å². The molecule has 0 amide bonds. The van der Waals surface area contributed by atoms with Gasteiger partial charge in [0.05, 0.1) is 0 Å². The third kappa shape index (κ3) is 4.86. The number of benzene rings is 2. The molecule has 29 heavy (non-hydrogen) atoms. The largest absolute Gasteiger partial charge is 0.477 e. The van der Waals surface area contributed by atoms with Gasteiger partial charge < -0.3 is 9.94 Å². The molecule has 1 atom stereocenters. The number of rotatable bonds is 7. The molecule has 2 aromatic rings. The first-order chi connectivity index (χ1) is 13.9. The molecule has 0 spiro atoms. The molecule has 5 nitrogen and oxygen atoms in total. The molecule has 0 heterocycles. The number of hydrogen-bond acceptors (Lipinski definition) is 4. The number of halogens is 1. The highest BCUT2D eigenvalue weighted by Crippen LogP contribution is 2.43. The van der Waals surface area contributed by atoms with Crippen molar-refractivity contribution in [2.24, 2.45) is 5.16 Å². The summed E-state index contributed by atoms with van der Waals surface area (Å²) in [5, 5.41) is 11.9. The molecule has 1 N–H and O–H groups in total. The van der Waals surface area contributed by atoms with E-state index in [2.05, 4.69) is 5.16 Å². The van der Waals surface area contributed by atoms with Crippen LogP contribution < -0.4 is 0 Å². The number of oxime groups is 1. The molecule has 7 heteroatoms. The minimum absolute atomic E-state index is 0.177. The fourth-order valence-corrected chi connectivity index (χ4v) is 3.80. The maximum Gasteiger partial charge on any atom is 0.350 e. The van der Waals surface area contributed by atoms with E-state index < -0.39 is 16.8 Å². The second-order valence-corrected chi connectivity index (χ2v) is 7.91. The zero-order valence-corrected chi connectivity index (χ0v) is 16.8. The maximum absolute atomic E-state index is 13.9. The molecule has 150 valence electrons. The van der Waals surface area contributed by atoms with Crippen LogP contribution in [0.5, 0.6) is 0 Å². The third-order valence-corrected chi connectivity index (χ3v) is 5.59. The number of fused-ring (bicyclic) bond motifs is 1. The molecule has 0 saturated heterocycles. The van der Waals surface area contributed by atoms with E-state index in [1.165, 1.54) is 12.1 Å². The molecule has 0 aromatic heterocycles. The zero-order valence-electron chi connectivity index (χ0n) is 16.0. The molecule has 1 aliphatic rings. The molecule has 3 rings (SSSR count). The van der Waals surface area contributed by atoms with Crippen molar-refractivity contribution in [2.75, 3.05) is 12.9 Å². The number of hydrogen-bond donors (Lipinski definition) is 1. The summed E-state index contributed by atoms with van der Waals surface area (Å²) in [7, 11) is -1.04. The van der Waals surface area contributed by atoms with Gasteiger partial charge in [0.15, 0.2) is 6.21 Å². The molecule has 0 aliphatic heterocycles. The summed E-state index contributed by atoms with van der Waals surface area (Å²) < 4.78 is 25.5. The van der Waals surface area contributed by atoms with Gasteiger partial charge in [-0.05, 0) is 70.7 Å². The number of carboxylic acids is 1. The van der Waals surface area contributed by atoms with Gasteiger partial charge >= 0.3 is 5.97 Å². The molecule has 0 bridgehead atoms. The summed E-state index contributed by atoms with van der Waals surface area (Å²) in [6, 6.07) is 12.2. The first-order valence-corrected chi connectivity index (χ1v) is 10.5.